The van der Waals surface area contributed by atoms with Crippen molar-refractivity contribution in [2.45, 2.75) is 76.6 Å². The first-order valence-electron chi connectivity index (χ1n) is 11.4. The lowest BCUT2D eigenvalue weighted by atomic mass is 10.0. The number of alkyl carbamates (subject to hydrolysis) is 1. The Morgan fingerprint density at radius 1 is 1.03 bits per heavy atom. The summed E-state index contributed by atoms with van der Waals surface area (Å²) in [6, 6.07) is 6.82. The van der Waals surface area contributed by atoms with Gasteiger partial charge in [0.15, 0.2) is 0 Å². The molecule has 1 aromatic carbocycles. The molecule has 3 rings (SSSR count). The number of carbonyl (C=O) groups excluding carboxylic acids is 3. The lowest BCUT2D eigenvalue weighted by molar-refractivity contribution is -0.152. The molecule has 3 amide bonds. The van der Waals surface area contributed by atoms with Gasteiger partial charge in [0.05, 0.1) is 0 Å². The van der Waals surface area contributed by atoms with E-state index in [4.69, 9.17) is 4.74 Å². The van der Waals surface area contributed by atoms with Gasteiger partial charge in [-0.1, -0.05) is 30.3 Å². The quantitative estimate of drug-likeness (QED) is 0.674. The summed E-state index contributed by atoms with van der Waals surface area (Å²) in [5.41, 5.74) is 0.137. The molecule has 0 saturated carbocycles. The number of hydrogen-bond donors (Lipinski definition) is 2. The van der Waals surface area contributed by atoms with Gasteiger partial charge in [0, 0.05) is 19.5 Å². The van der Waals surface area contributed by atoms with Crippen LogP contribution in [-0.2, 0) is 25.5 Å². The normalized spacial score (nSPS) is 21.5. The van der Waals surface area contributed by atoms with Crippen LogP contribution in [0, 0.1) is 0 Å². The third kappa shape index (κ3) is 6.24. The van der Waals surface area contributed by atoms with Gasteiger partial charge < -0.3 is 25.0 Å². The largest absolute Gasteiger partial charge is 0.480 e. The minimum atomic E-state index is -1.02. The predicted octanol–water partition coefficient (Wildman–Crippen LogP) is 2.19. The third-order valence-electron chi connectivity index (χ3n) is 5.91. The average molecular weight is 460 g/mol. The number of carboxylic acids is 1. The Labute approximate surface area is 194 Å². The molecule has 0 aromatic heterocycles. The molecular weight excluding hydrogens is 426 g/mol. The Hall–Kier alpha value is -3.10. The van der Waals surface area contributed by atoms with Gasteiger partial charge in [-0.3, -0.25) is 9.59 Å². The topological polar surface area (TPSA) is 116 Å². The molecule has 33 heavy (non-hydrogen) atoms. The Morgan fingerprint density at radius 3 is 2.24 bits per heavy atom. The number of ether oxygens (including phenoxy) is 1. The molecule has 9 heteroatoms. The van der Waals surface area contributed by atoms with E-state index in [1.165, 1.54) is 9.80 Å². The maximum absolute atomic E-state index is 13.6. The number of rotatable bonds is 6. The number of hydrogen-bond acceptors (Lipinski definition) is 5. The molecule has 0 radical (unpaired) electrons. The van der Waals surface area contributed by atoms with Crippen molar-refractivity contribution in [2.75, 3.05) is 13.1 Å². The van der Waals surface area contributed by atoms with Crippen LogP contribution in [0.25, 0.3) is 0 Å². The average Bonchev–Trinajstić information content (AvgIpc) is 3.41. The molecule has 2 aliphatic heterocycles. The molecule has 0 aliphatic carbocycles. The van der Waals surface area contributed by atoms with Crippen molar-refractivity contribution in [3.05, 3.63) is 35.9 Å². The standard InChI is InChI=1S/C24H33N3O6/c1-24(2,3)33-23(32)25-17(15-16-9-5-4-6-10-16)20(28)26-13-7-11-18(26)21(29)27-14-8-12-19(27)22(30)31/h4-6,9-10,17-19H,7-8,11-15H2,1-3H3,(H,25,32)(H,30,31). The third-order valence-corrected chi connectivity index (χ3v) is 5.91. The van der Waals surface area contributed by atoms with Crippen LogP contribution in [0.5, 0.6) is 0 Å². The van der Waals surface area contributed by atoms with Crippen LogP contribution < -0.4 is 5.32 Å². The molecule has 180 valence electrons. The summed E-state index contributed by atoms with van der Waals surface area (Å²) in [6.07, 6.45) is 1.69. The number of amides is 3. The van der Waals surface area contributed by atoms with Crippen LogP contribution in [0.4, 0.5) is 4.79 Å². The van der Waals surface area contributed by atoms with E-state index in [1.807, 2.05) is 30.3 Å². The predicted molar refractivity (Wildman–Crippen MR) is 120 cm³/mol. The lowest BCUT2D eigenvalue weighted by Crippen LogP contribution is -2.56. The molecule has 2 aliphatic rings. The second kappa shape index (κ2) is 10.2. The summed E-state index contributed by atoms with van der Waals surface area (Å²) in [5, 5.41) is 12.1. The molecule has 0 bridgehead atoms. The minimum absolute atomic E-state index is 0.248. The van der Waals surface area contributed by atoms with Crippen LogP contribution >= 0.6 is 0 Å². The molecule has 3 unspecified atom stereocenters. The number of benzene rings is 1. The van der Waals surface area contributed by atoms with Crippen molar-refractivity contribution in [3.63, 3.8) is 0 Å². The van der Waals surface area contributed by atoms with Crippen molar-refractivity contribution in [3.8, 4) is 0 Å². The first kappa shape index (κ1) is 24.5. The highest BCUT2D eigenvalue weighted by molar-refractivity contribution is 5.93. The second-order valence-corrected chi connectivity index (χ2v) is 9.61. The Morgan fingerprint density at radius 2 is 1.64 bits per heavy atom. The number of nitrogens with one attached hydrogen (secondary N) is 1. The number of aliphatic carboxylic acids is 1. The van der Waals surface area contributed by atoms with Gasteiger partial charge in [-0.2, -0.15) is 0 Å². The molecule has 1 aromatic rings. The van der Waals surface area contributed by atoms with Crippen LogP contribution in [-0.4, -0.2) is 75.6 Å². The Balaban J connectivity index is 1.79. The van der Waals surface area contributed by atoms with Gasteiger partial charge in [-0.05, 0) is 52.0 Å². The Bertz CT molecular complexity index is 882. The number of carbonyl (C=O) groups is 4. The monoisotopic (exact) mass is 459 g/mol. The van der Waals surface area contributed by atoms with E-state index in [-0.39, 0.29) is 18.2 Å². The zero-order chi connectivity index (χ0) is 24.2. The van der Waals surface area contributed by atoms with Crippen LogP contribution in [0.2, 0.25) is 0 Å². The van der Waals surface area contributed by atoms with Crippen LogP contribution in [0.15, 0.2) is 30.3 Å². The van der Waals surface area contributed by atoms with Crippen molar-refractivity contribution in [1.82, 2.24) is 15.1 Å². The van der Waals surface area contributed by atoms with Gasteiger partial charge in [0.1, 0.15) is 23.7 Å². The first-order chi connectivity index (χ1) is 15.6. The zero-order valence-electron chi connectivity index (χ0n) is 19.5. The summed E-state index contributed by atoms with van der Waals surface area (Å²) < 4.78 is 5.35. The summed E-state index contributed by atoms with van der Waals surface area (Å²) in [6.45, 7) is 5.97. The van der Waals surface area contributed by atoms with E-state index >= 15 is 0 Å². The molecule has 0 spiro atoms. The zero-order valence-corrected chi connectivity index (χ0v) is 19.5. The Kier molecular flexibility index (Phi) is 7.61. The van der Waals surface area contributed by atoms with Crippen molar-refractivity contribution >= 4 is 23.9 Å². The van der Waals surface area contributed by atoms with E-state index < -0.39 is 35.8 Å². The van der Waals surface area contributed by atoms with Gasteiger partial charge in [0.2, 0.25) is 11.8 Å². The highest BCUT2D eigenvalue weighted by Gasteiger charge is 2.43. The fraction of sp³-hybridized carbons (Fsp3) is 0.583. The second-order valence-electron chi connectivity index (χ2n) is 9.61. The van der Waals surface area contributed by atoms with Crippen molar-refractivity contribution in [2.24, 2.45) is 0 Å². The maximum Gasteiger partial charge on any atom is 0.408 e. The highest BCUT2D eigenvalue weighted by atomic mass is 16.6. The van der Waals surface area contributed by atoms with Gasteiger partial charge in [-0.15, -0.1) is 0 Å². The summed E-state index contributed by atoms with van der Waals surface area (Å²) in [7, 11) is 0. The van der Waals surface area contributed by atoms with Gasteiger partial charge >= 0.3 is 12.1 Å². The maximum atomic E-state index is 13.6. The van der Waals surface area contributed by atoms with Crippen molar-refractivity contribution < 1.29 is 29.0 Å². The van der Waals surface area contributed by atoms with Crippen LogP contribution in [0.3, 0.4) is 0 Å². The number of nitrogens with zero attached hydrogens (tertiary/aromatic N) is 2. The van der Waals surface area contributed by atoms with Gasteiger partial charge in [-0.25, -0.2) is 9.59 Å². The van der Waals surface area contributed by atoms with E-state index in [0.29, 0.717) is 38.8 Å². The fourth-order valence-corrected chi connectivity index (χ4v) is 4.47. The fourth-order valence-electron chi connectivity index (χ4n) is 4.47. The molecule has 3 atom stereocenters. The molecule has 2 saturated heterocycles. The SMILES string of the molecule is CC(C)(C)OC(=O)NC(Cc1ccccc1)C(=O)N1CCCC1C(=O)N1CCCC1C(=O)O. The van der Waals surface area contributed by atoms with E-state index in [2.05, 4.69) is 5.32 Å². The lowest BCUT2D eigenvalue weighted by Gasteiger charge is -2.32. The summed E-state index contributed by atoms with van der Waals surface area (Å²) in [5.74, 6) is -1.72. The van der Waals surface area contributed by atoms with Crippen molar-refractivity contribution in [1.29, 1.82) is 0 Å². The number of carboxylic acid groups (broad SMARTS) is 1. The highest BCUT2D eigenvalue weighted by Crippen LogP contribution is 2.26. The van der Waals surface area contributed by atoms with Gasteiger partial charge in [0.25, 0.3) is 0 Å². The molecular formula is C24H33N3O6. The molecule has 9 nitrogen and oxygen atoms in total. The molecule has 2 N–H and O–H groups in total. The first-order valence-corrected chi connectivity index (χ1v) is 11.4. The summed E-state index contributed by atoms with van der Waals surface area (Å²) >= 11 is 0. The summed E-state index contributed by atoms with van der Waals surface area (Å²) in [4.78, 5) is 53.7. The van der Waals surface area contributed by atoms with Crippen LogP contribution in [0.1, 0.15) is 52.0 Å². The smallest absolute Gasteiger partial charge is 0.408 e. The van der Waals surface area contributed by atoms with E-state index in [1.54, 1.807) is 20.8 Å². The number of likely N-dealkylation sites (tertiary alicyclic amines) is 2. The van der Waals surface area contributed by atoms with E-state index in [0.717, 1.165) is 5.56 Å². The minimum Gasteiger partial charge on any atom is -0.480 e. The molecule has 2 heterocycles. The van der Waals surface area contributed by atoms with E-state index in [9.17, 15) is 24.3 Å². The molecule has 2 fully saturated rings.